The van der Waals surface area contributed by atoms with E-state index in [4.69, 9.17) is 14.2 Å². The van der Waals surface area contributed by atoms with Gasteiger partial charge in [0.2, 0.25) is 6.29 Å². The molecule has 5 atom stereocenters. The summed E-state index contributed by atoms with van der Waals surface area (Å²) >= 11 is 0. The van der Waals surface area contributed by atoms with Crippen molar-refractivity contribution in [2.75, 3.05) is 6.61 Å². The molecule has 2 aliphatic rings. The Balaban J connectivity index is 2.65. The van der Waals surface area contributed by atoms with Crippen LogP contribution < -0.4 is 0 Å². The van der Waals surface area contributed by atoms with Crippen LogP contribution in [-0.4, -0.2) is 59.4 Å². The maximum absolute atomic E-state index is 14.3. The summed E-state index contributed by atoms with van der Waals surface area (Å²) in [6, 6.07) is 0. The van der Waals surface area contributed by atoms with Crippen LogP contribution in [0.25, 0.3) is 0 Å². The molecule has 1 heterocycles. The van der Waals surface area contributed by atoms with Gasteiger partial charge in [0.1, 0.15) is 5.60 Å². The van der Waals surface area contributed by atoms with Gasteiger partial charge in [0, 0.05) is 12.5 Å². The Morgan fingerprint density at radius 1 is 1.14 bits per heavy atom. The van der Waals surface area contributed by atoms with E-state index in [0.29, 0.717) is 20.3 Å². The second-order valence-corrected chi connectivity index (χ2v) is 10.0. The summed E-state index contributed by atoms with van der Waals surface area (Å²) in [6.07, 6.45) is -13.0. The van der Waals surface area contributed by atoms with Crippen LogP contribution in [0.5, 0.6) is 0 Å². The van der Waals surface area contributed by atoms with Gasteiger partial charge in [-0.15, -0.1) is 0 Å². The van der Waals surface area contributed by atoms with Gasteiger partial charge in [-0.1, -0.05) is 27.4 Å². The first-order valence-electron chi connectivity index (χ1n) is 12.0. The minimum atomic E-state index is -5.88. The summed E-state index contributed by atoms with van der Waals surface area (Å²) in [5.74, 6) is -1.85. The first kappa shape index (κ1) is 30.9. The number of esters is 1. The summed E-state index contributed by atoms with van der Waals surface area (Å²) in [5, 5.41) is 9.77. The van der Waals surface area contributed by atoms with Crippen LogP contribution in [0.2, 0.25) is 0 Å². The molecular formula is C24H36F6O6. The Morgan fingerprint density at radius 2 is 1.67 bits per heavy atom. The van der Waals surface area contributed by atoms with Gasteiger partial charge in [-0.25, -0.2) is 0 Å². The van der Waals surface area contributed by atoms with E-state index in [2.05, 4.69) is 11.3 Å². The molecule has 1 saturated carbocycles. The topological polar surface area (TPSA) is 74.2 Å². The molecule has 0 aromatic rings. The maximum atomic E-state index is 14.3. The largest absolute Gasteiger partial charge is 0.435 e. The molecule has 1 aliphatic carbocycles. The highest BCUT2D eigenvalue weighted by atomic mass is 19.4. The molecule has 4 unspecified atom stereocenters. The number of fused-ring (bicyclic) bond motifs is 2. The molecule has 6 nitrogen and oxygen atoms in total. The molecule has 2 bridgehead atoms. The van der Waals surface area contributed by atoms with Gasteiger partial charge >= 0.3 is 18.3 Å². The van der Waals surface area contributed by atoms with Crippen LogP contribution in [0, 0.1) is 17.3 Å². The SMILES string of the molecule is C=C[C@@H](O)OC1OC(=O)C2(C(CC)(CC)OC(C)(C)C(OCC)(C(F)(F)F)C(F)(F)F)CC1CC2C. The highest BCUT2D eigenvalue weighted by Gasteiger charge is 2.81. The maximum Gasteiger partial charge on any atom is 0.429 e. The molecule has 36 heavy (non-hydrogen) atoms. The van der Waals surface area contributed by atoms with E-state index in [1.165, 1.54) is 0 Å². The van der Waals surface area contributed by atoms with Crippen molar-refractivity contribution in [2.24, 2.45) is 17.3 Å². The Kier molecular flexibility index (Phi) is 8.63. The monoisotopic (exact) mass is 534 g/mol. The van der Waals surface area contributed by atoms with E-state index in [-0.39, 0.29) is 19.3 Å². The molecule has 12 heteroatoms. The minimum absolute atomic E-state index is 0.0406. The lowest BCUT2D eigenvalue weighted by Gasteiger charge is -2.56. The Hall–Kier alpha value is -1.37. The van der Waals surface area contributed by atoms with Crippen molar-refractivity contribution in [3.8, 4) is 0 Å². The first-order valence-corrected chi connectivity index (χ1v) is 12.0. The first-order chi connectivity index (χ1) is 16.4. The van der Waals surface area contributed by atoms with Crippen LogP contribution in [0.3, 0.4) is 0 Å². The zero-order valence-corrected chi connectivity index (χ0v) is 21.4. The van der Waals surface area contributed by atoms with E-state index in [1.807, 2.05) is 0 Å². The standard InChI is InChI=1S/C24H36F6O6/c1-8-16(31)34-17-15-12-14(5)21(13-15,18(32)35-17)20(9-2,10-3)36-19(6,7)22(33-11-4,23(25,26)27)24(28,29)30/h8,14-17,31H,1,9-13H2,2-7H3/t14?,15?,16-,17?,21?/m0/s1. The Bertz CT molecular complexity index is 792. The fourth-order valence-electron chi connectivity index (χ4n) is 6.38. The number of hydrogen-bond acceptors (Lipinski definition) is 6. The van der Waals surface area contributed by atoms with Crippen molar-refractivity contribution < 1.29 is 55.2 Å². The van der Waals surface area contributed by atoms with Crippen LogP contribution >= 0.6 is 0 Å². The zero-order chi connectivity index (χ0) is 28.0. The van der Waals surface area contributed by atoms with Crippen molar-refractivity contribution in [2.45, 2.75) is 109 Å². The molecule has 2 fully saturated rings. The quantitative estimate of drug-likeness (QED) is 0.159. The molecule has 0 spiro atoms. The molecule has 0 amide bonds. The predicted octanol–water partition coefficient (Wildman–Crippen LogP) is 5.68. The number of carbonyl (C=O) groups excluding carboxylic acids is 1. The summed E-state index contributed by atoms with van der Waals surface area (Å²) in [6.45, 7) is 9.72. The highest BCUT2D eigenvalue weighted by Crippen LogP contribution is 2.63. The number of aliphatic hydroxyl groups is 1. The van der Waals surface area contributed by atoms with Crippen LogP contribution in [0.1, 0.15) is 67.2 Å². The van der Waals surface area contributed by atoms with Crippen molar-refractivity contribution in [3.05, 3.63) is 12.7 Å². The number of rotatable bonds is 11. The Morgan fingerprint density at radius 3 is 2.08 bits per heavy atom. The number of ether oxygens (including phenoxy) is 4. The second kappa shape index (κ2) is 10.1. The zero-order valence-electron chi connectivity index (χ0n) is 21.4. The van der Waals surface area contributed by atoms with Gasteiger partial charge in [0.15, 0.2) is 6.29 Å². The fraction of sp³-hybridized carbons (Fsp3) is 0.875. The molecule has 1 saturated heterocycles. The second-order valence-electron chi connectivity index (χ2n) is 10.0. The third-order valence-corrected chi connectivity index (χ3v) is 7.94. The summed E-state index contributed by atoms with van der Waals surface area (Å²) in [5.41, 5.74) is -11.0. The fourth-order valence-corrected chi connectivity index (χ4v) is 6.38. The van der Waals surface area contributed by atoms with E-state index in [1.54, 1.807) is 20.8 Å². The molecule has 0 aromatic carbocycles. The van der Waals surface area contributed by atoms with Crippen molar-refractivity contribution >= 4 is 5.97 Å². The molecule has 2 rings (SSSR count). The van der Waals surface area contributed by atoms with Gasteiger partial charge < -0.3 is 24.1 Å². The Labute approximate surface area is 207 Å². The van der Waals surface area contributed by atoms with Crippen molar-refractivity contribution in [1.29, 1.82) is 0 Å². The molecule has 0 radical (unpaired) electrons. The highest BCUT2D eigenvalue weighted by molar-refractivity contribution is 5.80. The molecule has 0 aromatic heterocycles. The molecule has 1 N–H and O–H groups in total. The average molecular weight is 535 g/mol. The van der Waals surface area contributed by atoms with Crippen LogP contribution in [-0.2, 0) is 23.7 Å². The van der Waals surface area contributed by atoms with E-state index in [0.717, 1.165) is 13.0 Å². The van der Waals surface area contributed by atoms with E-state index < -0.39 is 71.6 Å². The predicted molar refractivity (Wildman–Crippen MR) is 116 cm³/mol. The number of alkyl halides is 6. The summed E-state index contributed by atoms with van der Waals surface area (Å²) < 4.78 is 107. The lowest BCUT2D eigenvalue weighted by atomic mass is 9.62. The number of hydrogen-bond donors (Lipinski definition) is 1. The normalized spacial score (nSPS) is 28.7. The molecular weight excluding hydrogens is 498 g/mol. The minimum Gasteiger partial charge on any atom is -0.435 e. The number of aliphatic hydroxyl groups excluding tert-OH is 1. The van der Waals surface area contributed by atoms with Gasteiger partial charge in [-0.05, 0) is 58.4 Å². The van der Waals surface area contributed by atoms with Crippen LogP contribution in [0.15, 0.2) is 12.7 Å². The molecule has 210 valence electrons. The van der Waals surface area contributed by atoms with Gasteiger partial charge in [0.05, 0.1) is 11.0 Å². The van der Waals surface area contributed by atoms with E-state index >= 15 is 0 Å². The number of carbonyl (C=O) groups is 1. The lowest BCUT2D eigenvalue weighted by molar-refractivity contribution is -0.435. The lowest BCUT2D eigenvalue weighted by Crippen LogP contribution is -2.74. The summed E-state index contributed by atoms with van der Waals surface area (Å²) in [7, 11) is 0. The van der Waals surface area contributed by atoms with Gasteiger partial charge in [-0.3, -0.25) is 4.79 Å². The third kappa shape index (κ3) is 4.45. The van der Waals surface area contributed by atoms with E-state index in [9.17, 15) is 36.2 Å². The number of halogens is 6. The van der Waals surface area contributed by atoms with Crippen molar-refractivity contribution in [1.82, 2.24) is 0 Å². The molecule has 1 aliphatic heterocycles. The number of cyclic esters (lactones) is 1. The average Bonchev–Trinajstić information content (AvgIpc) is 3.07. The van der Waals surface area contributed by atoms with Gasteiger partial charge in [0.25, 0.3) is 5.60 Å². The smallest absolute Gasteiger partial charge is 0.429 e. The third-order valence-electron chi connectivity index (χ3n) is 7.94. The van der Waals surface area contributed by atoms with Crippen molar-refractivity contribution in [3.63, 3.8) is 0 Å². The van der Waals surface area contributed by atoms with Gasteiger partial charge in [-0.2, -0.15) is 26.3 Å². The summed E-state index contributed by atoms with van der Waals surface area (Å²) in [4.78, 5) is 13.5. The van der Waals surface area contributed by atoms with Crippen LogP contribution in [0.4, 0.5) is 26.3 Å².